The summed E-state index contributed by atoms with van der Waals surface area (Å²) in [6.07, 6.45) is 2.04. The van der Waals surface area contributed by atoms with Gasteiger partial charge in [0, 0.05) is 13.1 Å². The van der Waals surface area contributed by atoms with Crippen molar-refractivity contribution in [2.24, 2.45) is 5.92 Å². The van der Waals surface area contributed by atoms with Gasteiger partial charge in [-0.2, -0.15) is 0 Å². The van der Waals surface area contributed by atoms with Crippen LogP contribution in [0.25, 0.3) is 0 Å². The van der Waals surface area contributed by atoms with Crippen molar-refractivity contribution in [3.63, 3.8) is 0 Å². The molecule has 5 nitrogen and oxygen atoms in total. The van der Waals surface area contributed by atoms with Crippen molar-refractivity contribution in [2.45, 2.75) is 71.6 Å². The van der Waals surface area contributed by atoms with Crippen molar-refractivity contribution in [2.75, 3.05) is 13.1 Å². The average molecular weight is 373 g/mol. The van der Waals surface area contributed by atoms with Gasteiger partial charge in [-0.25, -0.2) is 4.79 Å². The molecule has 2 aliphatic rings. The number of rotatable bonds is 2. The number of nitrogens with zero attached hydrogens (tertiary/aromatic N) is 2. The summed E-state index contributed by atoms with van der Waals surface area (Å²) >= 11 is 0. The van der Waals surface area contributed by atoms with Gasteiger partial charge < -0.3 is 9.64 Å². The van der Waals surface area contributed by atoms with Crippen LogP contribution in [0, 0.1) is 5.92 Å². The van der Waals surface area contributed by atoms with E-state index in [1.165, 1.54) is 11.1 Å². The second-order valence-electron chi connectivity index (χ2n) is 9.00. The van der Waals surface area contributed by atoms with E-state index in [1.807, 2.05) is 31.7 Å². The molecule has 0 radical (unpaired) electrons. The maximum absolute atomic E-state index is 13.5. The Morgan fingerprint density at radius 2 is 1.81 bits per heavy atom. The van der Waals surface area contributed by atoms with Gasteiger partial charge in [0.05, 0.1) is 6.04 Å². The molecule has 1 saturated heterocycles. The van der Waals surface area contributed by atoms with Gasteiger partial charge >= 0.3 is 6.09 Å². The largest absolute Gasteiger partial charge is 0.444 e. The molecule has 2 amide bonds. The van der Waals surface area contributed by atoms with Crippen LogP contribution in [0.3, 0.4) is 0 Å². The molecule has 2 atom stereocenters. The van der Waals surface area contributed by atoms with Crippen molar-refractivity contribution in [3.8, 4) is 0 Å². The maximum Gasteiger partial charge on any atom is 0.410 e. The van der Waals surface area contributed by atoms with E-state index in [0.29, 0.717) is 25.4 Å². The number of amides is 2. The van der Waals surface area contributed by atoms with E-state index in [4.69, 9.17) is 4.74 Å². The van der Waals surface area contributed by atoms with Crippen molar-refractivity contribution in [1.82, 2.24) is 9.80 Å². The standard InChI is InChI=1S/C22H32N2O3/c1-15(2)19-17-10-7-6-9-16(17)12-14-24(19)20(25)18-11-8-13-23(18)21(26)27-22(3,4)5/h6-7,9-10,15,18-19H,8,11-14H2,1-5H3. The number of fused-ring (bicyclic) bond motifs is 1. The lowest BCUT2D eigenvalue weighted by Crippen LogP contribution is -2.52. The third kappa shape index (κ3) is 4.12. The van der Waals surface area contributed by atoms with Crippen LogP contribution >= 0.6 is 0 Å². The summed E-state index contributed by atoms with van der Waals surface area (Å²) < 4.78 is 5.54. The first-order valence-electron chi connectivity index (χ1n) is 10.1. The Morgan fingerprint density at radius 1 is 1.11 bits per heavy atom. The lowest BCUT2D eigenvalue weighted by atomic mass is 9.86. The van der Waals surface area contributed by atoms with E-state index in [0.717, 1.165) is 12.8 Å². The van der Waals surface area contributed by atoms with Gasteiger partial charge in [-0.3, -0.25) is 9.69 Å². The third-order valence-corrected chi connectivity index (χ3v) is 5.41. The molecule has 5 heteroatoms. The Bertz CT molecular complexity index is 708. The third-order valence-electron chi connectivity index (χ3n) is 5.41. The quantitative estimate of drug-likeness (QED) is 0.783. The highest BCUT2D eigenvalue weighted by Crippen LogP contribution is 2.36. The first-order valence-corrected chi connectivity index (χ1v) is 10.1. The number of hydrogen-bond donors (Lipinski definition) is 0. The summed E-state index contributed by atoms with van der Waals surface area (Å²) in [5, 5.41) is 0. The van der Waals surface area contributed by atoms with Crippen molar-refractivity contribution in [1.29, 1.82) is 0 Å². The fourth-order valence-corrected chi connectivity index (χ4v) is 4.32. The predicted octanol–water partition coefficient (Wildman–Crippen LogP) is 4.17. The molecule has 2 aliphatic heterocycles. The fraction of sp³-hybridized carbons (Fsp3) is 0.636. The van der Waals surface area contributed by atoms with Crippen molar-refractivity contribution >= 4 is 12.0 Å². The minimum Gasteiger partial charge on any atom is -0.444 e. The van der Waals surface area contributed by atoms with Crippen LogP contribution in [-0.2, 0) is 16.0 Å². The number of carbonyl (C=O) groups is 2. The maximum atomic E-state index is 13.5. The van der Waals surface area contributed by atoms with Gasteiger partial charge in [0.2, 0.25) is 5.91 Å². The summed E-state index contributed by atoms with van der Waals surface area (Å²) in [5.41, 5.74) is 2.02. The zero-order valence-corrected chi connectivity index (χ0v) is 17.2. The first kappa shape index (κ1) is 19.7. The number of hydrogen-bond acceptors (Lipinski definition) is 3. The van der Waals surface area contributed by atoms with Crippen molar-refractivity contribution < 1.29 is 14.3 Å². The Hall–Kier alpha value is -2.04. The molecule has 0 spiro atoms. The van der Waals surface area contributed by atoms with E-state index < -0.39 is 11.6 Å². The van der Waals surface area contributed by atoms with Gasteiger partial charge in [-0.05, 0) is 57.1 Å². The predicted molar refractivity (Wildman–Crippen MR) is 105 cm³/mol. The lowest BCUT2D eigenvalue weighted by molar-refractivity contribution is -0.140. The number of benzene rings is 1. The van der Waals surface area contributed by atoms with Crippen LogP contribution in [0.5, 0.6) is 0 Å². The highest BCUT2D eigenvalue weighted by Gasteiger charge is 2.42. The van der Waals surface area contributed by atoms with Gasteiger partial charge in [-0.1, -0.05) is 38.1 Å². The fourth-order valence-electron chi connectivity index (χ4n) is 4.32. The van der Waals surface area contributed by atoms with Gasteiger partial charge in [-0.15, -0.1) is 0 Å². The van der Waals surface area contributed by atoms with E-state index >= 15 is 0 Å². The molecule has 0 N–H and O–H groups in total. The molecule has 0 saturated carbocycles. The van der Waals surface area contributed by atoms with E-state index in [9.17, 15) is 9.59 Å². The zero-order valence-electron chi connectivity index (χ0n) is 17.2. The number of ether oxygens (including phenoxy) is 1. The number of likely N-dealkylation sites (tertiary alicyclic amines) is 1. The first-order chi connectivity index (χ1) is 12.7. The average Bonchev–Trinajstić information content (AvgIpc) is 3.08. The monoisotopic (exact) mass is 372 g/mol. The lowest BCUT2D eigenvalue weighted by Gasteiger charge is -2.42. The normalized spacial score (nSPS) is 22.7. The van der Waals surface area contributed by atoms with Crippen LogP contribution in [-0.4, -0.2) is 46.5 Å². The highest BCUT2D eigenvalue weighted by molar-refractivity contribution is 5.87. The molecule has 1 fully saturated rings. The minimum absolute atomic E-state index is 0.0588. The van der Waals surface area contributed by atoms with Crippen LogP contribution in [0.2, 0.25) is 0 Å². The summed E-state index contributed by atoms with van der Waals surface area (Å²) in [4.78, 5) is 29.7. The summed E-state index contributed by atoms with van der Waals surface area (Å²) in [7, 11) is 0. The Kier molecular flexibility index (Phi) is 5.50. The molecule has 27 heavy (non-hydrogen) atoms. The van der Waals surface area contributed by atoms with E-state index in [-0.39, 0.29) is 18.0 Å². The van der Waals surface area contributed by atoms with Crippen LogP contribution in [0.15, 0.2) is 24.3 Å². The molecule has 2 unspecified atom stereocenters. The van der Waals surface area contributed by atoms with Crippen LogP contribution in [0.4, 0.5) is 4.79 Å². The van der Waals surface area contributed by atoms with Gasteiger partial charge in [0.25, 0.3) is 0 Å². The molecule has 2 heterocycles. The van der Waals surface area contributed by atoms with Crippen LogP contribution < -0.4 is 0 Å². The summed E-state index contributed by atoms with van der Waals surface area (Å²) in [6, 6.07) is 8.06. The highest BCUT2D eigenvalue weighted by atomic mass is 16.6. The summed E-state index contributed by atoms with van der Waals surface area (Å²) in [6.45, 7) is 11.2. The molecule has 0 aromatic heterocycles. The van der Waals surface area contributed by atoms with Gasteiger partial charge in [0.15, 0.2) is 0 Å². The Balaban J connectivity index is 1.83. The van der Waals surface area contributed by atoms with E-state index in [2.05, 4.69) is 32.0 Å². The molecule has 1 aromatic carbocycles. The topological polar surface area (TPSA) is 49.9 Å². The van der Waals surface area contributed by atoms with Crippen LogP contribution in [0.1, 0.15) is 64.6 Å². The molecule has 148 valence electrons. The molecular weight excluding hydrogens is 340 g/mol. The minimum atomic E-state index is -0.558. The molecule has 3 rings (SSSR count). The number of carbonyl (C=O) groups excluding carboxylic acids is 2. The Labute approximate surface area is 162 Å². The molecule has 0 aliphatic carbocycles. The molecule has 1 aromatic rings. The van der Waals surface area contributed by atoms with Gasteiger partial charge in [0.1, 0.15) is 11.6 Å². The van der Waals surface area contributed by atoms with Crippen molar-refractivity contribution in [3.05, 3.63) is 35.4 Å². The molecular formula is C22H32N2O3. The SMILES string of the molecule is CC(C)C1c2ccccc2CCN1C(=O)C1CCCN1C(=O)OC(C)(C)C. The second-order valence-corrected chi connectivity index (χ2v) is 9.00. The molecule has 0 bridgehead atoms. The summed E-state index contributed by atoms with van der Waals surface area (Å²) in [5.74, 6) is 0.373. The smallest absolute Gasteiger partial charge is 0.410 e. The van der Waals surface area contributed by atoms with E-state index in [1.54, 1.807) is 4.90 Å². The zero-order chi connectivity index (χ0) is 19.8. The second kappa shape index (κ2) is 7.53. The Morgan fingerprint density at radius 3 is 2.48 bits per heavy atom.